The summed E-state index contributed by atoms with van der Waals surface area (Å²) in [7, 11) is 1.27. The van der Waals surface area contributed by atoms with E-state index < -0.39 is 12.0 Å². The summed E-state index contributed by atoms with van der Waals surface area (Å²) in [6.07, 6.45) is 0. The highest BCUT2D eigenvalue weighted by atomic mass is 35.5. The van der Waals surface area contributed by atoms with Crippen LogP contribution in [0.5, 0.6) is 0 Å². The summed E-state index contributed by atoms with van der Waals surface area (Å²) in [5.41, 5.74) is 0.503. The van der Waals surface area contributed by atoms with Crippen molar-refractivity contribution in [2.24, 2.45) is 0 Å². The summed E-state index contributed by atoms with van der Waals surface area (Å²) < 4.78 is 4.52. The van der Waals surface area contributed by atoms with Crippen LogP contribution in [0.15, 0.2) is 18.2 Å². The van der Waals surface area contributed by atoms with E-state index in [-0.39, 0.29) is 6.54 Å². The normalized spacial score (nSPS) is 9.89. The van der Waals surface area contributed by atoms with Gasteiger partial charge in [-0.2, -0.15) is 0 Å². The number of halogens is 2. The maximum absolute atomic E-state index is 11.9. The summed E-state index contributed by atoms with van der Waals surface area (Å²) in [6, 6.07) is 4.33. The molecule has 0 aromatic heterocycles. The molecule has 0 saturated carbocycles. The lowest BCUT2D eigenvalue weighted by Crippen LogP contribution is -2.38. The Morgan fingerprint density at radius 1 is 1.32 bits per heavy atom. The van der Waals surface area contributed by atoms with E-state index in [0.717, 1.165) is 0 Å². The van der Waals surface area contributed by atoms with Gasteiger partial charge >= 0.3 is 12.0 Å². The van der Waals surface area contributed by atoms with Gasteiger partial charge in [-0.1, -0.05) is 23.2 Å². The number of anilines is 1. The van der Waals surface area contributed by atoms with Gasteiger partial charge in [-0.05, 0) is 25.1 Å². The van der Waals surface area contributed by atoms with Crippen molar-refractivity contribution in [1.29, 1.82) is 0 Å². The number of carbonyl (C=O) groups is 2. The predicted octanol–water partition coefficient (Wildman–Crippen LogP) is 3.02. The van der Waals surface area contributed by atoms with Gasteiger partial charge in [0.25, 0.3) is 0 Å². The first kappa shape index (κ1) is 15.6. The smallest absolute Gasteiger partial charge is 0.325 e. The number of urea groups is 1. The molecule has 0 atom stereocenters. The highest BCUT2D eigenvalue weighted by Gasteiger charge is 2.16. The number of hydrogen-bond acceptors (Lipinski definition) is 3. The number of nitrogens with zero attached hydrogens (tertiary/aromatic N) is 1. The molecule has 0 fully saturated rings. The average Bonchev–Trinajstić information content (AvgIpc) is 2.39. The van der Waals surface area contributed by atoms with Crippen LogP contribution in [0.4, 0.5) is 10.5 Å². The Bertz CT molecular complexity index is 480. The molecule has 104 valence electrons. The monoisotopic (exact) mass is 304 g/mol. The van der Waals surface area contributed by atoms with E-state index in [1.807, 2.05) is 0 Å². The molecule has 2 amide bonds. The Labute approximate surface area is 121 Å². The third kappa shape index (κ3) is 4.61. The lowest BCUT2D eigenvalue weighted by molar-refractivity contribution is -0.141. The molecule has 5 nitrogen and oxygen atoms in total. The summed E-state index contributed by atoms with van der Waals surface area (Å²) in [6.45, 7) is 2.03. The number of ether oxygens (including phenoxy) is 1. The van der Waals surface area contributed by atoms with E-state index in [9.17, 15) is 9.59 Å². The molecule has 1 aromatic carbocycles. The van der Waals surface area contributed by atoms with E-state index >= 15 is 0 Å². The van der Waals surface area contributed by atoms with Crippen molar-refractivity contribution in [3.8, 4) is 0 Å². The van der Waals surface area contributed by atoms with Crippen LogP contribution in [-0.4, -0.2) is 37.1 Å². The fraction of sp³-hybridized carbons (Fsp3) is 0.333. The molecule has 19 heavy (non-hydrogen) atoms. The molecule has 1 aromatic rings. The van der Waals surface area contributed by atoms with Gasteiger partial charge in [0, 0.05) is 12.2 Å². The first-order valence-corrected chi connectivity index (χ1v) is 6.31. The van der Waals surface area contributed by atoms with Gasteiger partial charge < -0.3 is 15.0 Å². The van der Waals surface area contributed by atoms with Crippen LogP contribution in [0.3, 0.4) is 0 Å². The Hall–Kier alpha value is -1.46. The molecule has 0 spiro atoms. The minimum Gasteiger partial charge on any atom is -0.468 e. The van der Waals surface area contributed by atoms with Gasteiger partial charge in [0.2, 0.25) is 0 Å². The number of amides is 2. The molecule has 0 saturated heterocycles. The highest BCUT2D eigenvalue weighted by Crippen LogP contribution is 2.25. The van der Waals surface area contributed by atoms with Crippen LogP contribution in [-0.2, 0) is 9.53 Å². The Kier molecular flexibility index (Phi) is 5.92. The van der Waals surface area contributed by atoms with E-state index in [0.29, 0.717) is 22.3 Å². The Morgan fingerprint density at radius 3 is 2.53 bits per heavy atom. The predicted molar refractivity (Wildman–Crippen MR) is 74.7 cm³/mol. The first-order valence-electron chi connectivity index (χ1n) is 5.55. The number of carbonyl (C=O) groups excluding carboxylic acids is 2. The zero-order valence-electron chi connectivity index (χ0n) is 10.6. The number of nitrogens with one attached hydrogen (secondary N) is 1. The van der Waals surface area contributed by atoms with Crippen molar-refractivity contribution in [3.63, 3.8) is 0 Å². The molecule has 0 bridgehead atoms. The molecule has 0 aliphatic carbocycles. The second-order valence-corrected chi connectivity index (χ2v) is 4.46. The van der Waals surface area contributed by atoms with Crippen LogP contribution in [0.1, 0.15) is 6.92 Å². The SMILES string of the molecule is CCN(CC(=O)OC)C(=O)Nc1ccc(Cl)c(Cl)c1. The number of esters is 1. The number of hydrogen-bond donors (Lipinski definition) is 1. The van der Waals surface area contributed by atoms with Crippen LogP contribution in [0.2, 0.25) is 10.0 Å². The van der Waals surface area contributed by atoms with Crippen molar-refractivity contribution < 1.29 is 14.3 Å². The summed E-state index contributed by atoms with van der Waals surface area (Å²) in [5.74, 6) is -0.480. The molecule has 0 aliphatic heterocycles. The van der Waals surface area contributed by atoms with Crippen molar-refractivity contribution in [2.45, 2.75) is 6.92 Å². The van der Waals surface area contributed by atoms with Crippen LogP contribution in [0.25, 0.3) is 0 Å². The average molecular weight is 305 g/mol. The van der Waals surface area contributed by atoms with Gasteiger partial charge in [0.1, 0.15) is 6.54 Å². The Morgan fingerprint density at radius 2 is 2.00 bits per heavy atom. The third-order valence-corrected chi connectivity index (χ3v) is 3.13. The van der Waals surface area contributed by atoms with E-state index in [2.05, 4.69) is 10.1 Å². The van der Waals surface area contributed by atoms with Gasteiger partial charge in [-0.25, -0.2) is 4.79 Å². The zero-order chi connectivity index (χ0) is 14.4. The van der Waals surface area contributed by atoms with Crippen LogP contribution < -0.4 is 5.32 Å². The van der Waals surface area contributed by atoms with Crippen molar-refractivity contribution >= 4 is 40.9 Å². The first-order chi connectivity index (χ1) is 8.97. The zero-order valence-corrected chi connectivity index (χ0v) is 12.1. The fourth-order valence-electron chi connectivity index (χ4n) is 1.32. The minimum atomic E-state index is -0.480. The molecule has 0 unspecified atom stereocenters. The van der Waals surface area contributed by atoms with E-state index in [1.165, 1.54) is 18.1 Å². The van der Waals surface area contributed by atoms with Gasteiger partial charge in [0.15, 0.2) is 0 Å². The molecule has 0 radical (unpaired) electrons. The van der Waals surface area contributed by atoms with Gasteiger partial charge in [-0.15, -0.1) is 0 Å². The van der Waals surface area contributed by atoms with E-state index in [4.69, 9.17) is 23.2 Å². The van der Waals surface area contributed by atoms with Crippen LogP contribution >= 0.6 is 23.2 Å². The third-order valence-electron chi connectivity index (χ3n) is 2.39. The summed E-state index contributed by atoms with van der Waals surface area (Å²) >= 11 is 11.6. The molecule has 7 heteroatoms. The van der Waals surface area contributed by atoms with E-state index in [1.54, 1.807) is 19.1 Å². The number of benzene rings is 1. The molecular formula is C12H14Cl2N2O3. The summed E-state index contributed by atoms with van der Waals surface area (Å²) in [4.78, 5) is 24.4. The lowest BCUT2D eigenvalue weighted by Gasteiger charge is -2.20. The molecule has 1 rings (SSSR count). The maximum atomic E-state index is 11.9. The summed E-state index contributed by atoms with van der Waals surface area (Å²) in [5, 5.41) is 3.37. The molecular weight excluding hydrogens is 291 g/mol. The van der Waals surface area contributed by atoms with Gasteiger partial charge in [-0.3, -0.25) is 4.79 Å². The van der Waals surface area contributed by atoms with Crippen molar-refractivity contribution in [2.75, 3.05) is 25.5 Å². The topological polar surface area (TPSA) is 58.6 Å². The Balaban J connectivity index is 2.71. The van der Waals surface area contributed by atoms with Crippen molar-refractivity contribution in [3.05, 3.63) is 28.2 Å². The lowest BCUT2D eigenvalue weighted by atomic mass is 10.3. The molecule has 0 aliphatic rings. The highest BCUT2D eigenvalue weighted by molar-refractivity contribution is 6.42. The largest absolute Gasteiger partial charge is 0.468 e. The standard InChI is InChI=1S/C12H14Cl2N2O3/c1-3-16(7-11(17)19-2)12(18)15-8-4-5-9(13)10(14)6-8/h4-6H,3,7H2,1-2H3,(H,15,18). The van der Waals surface area contributed by atoms with Crippen molar-refractivity contribution in [1.82, 2.24) is 4.90 Å². The minimum absolute atomic E-state index is 0.111. The second-order valence-electron chi connectivity index (χ2n) is 3.65. The number of rotatable bonds is 4. The van der Waals surface area contributed by atoms with Crippen LogP contribution in [0, 0.1) is 0 Å². The van der Waals surface area contributed by atoms with Gasteiger partial charge in [0.05, 0.1) is 17.2 Å². The molecule has 0 heterocycles. The molecule has 1 N–H and O–H groups in total. The maximum Gasteiger partial charge on any atom is 0.325 e. The second kappa shape index (κ2) is 7.21. The number of methoxy groups -OCH3 is 1. The fourth-order valence-corrected chi connectivity index (χ4v) is 1.62. The number of likely N-dealkylation sites (N-methyl/N-ethyl adjacent to an activating group) is 1. The quantitative estimate of drug-likeness (QED) is 0.870.